The number of benzene rings is 1. The molecule has 1 unspecified atom stereocenters. The van der Waals surface area contributed by atoms with Gasteiger partial charge in [0.15, 0.2) is 0 Å². The first kappa shape index (κ1) is 15.6. The predicted octanol–water partition coefficient (Wildman–Crippen LogP) is 2.24. The monoisotopic (exact) mass is 287 g/mol. The molecule has 0 aromatic heterocycles. The molecule has 0 bridgehead atoms. The second kappa shape index (κ2) is 6.75. The third-order valence-corrected chi connectivity index (χ3v) is 3.58. The van der Waals surface area contributed by atoms with Gasteiger partial charge in [0.1, 0.15) is 5.60 Å². The highest BCUT2D eigenvalue weighted by Gasteiger charge is 2.37. The maximum absolute atomic E-state index is 12.4. The molecule has 21 heavy (non-hydrogen) atoms. The van der Waals surface area contributed by atoms with Crippen molar-refractivity contribution in [3.05, 3.63) is 29.3 Å². The zero-order valence-corrected chi connectivity index (χ0v) is 12.5. The first-order valence-corrected chi connectivity index (χ1v) is 7.21. The lowest BCUT2D eigenvalue weighted by atomic mass is 10.0. The highest BCUT2D eigenvalue weighted by molar-refractivity contribution is 5.98. The Morgan fingerprint density at radius 1 is 1.52 bits per heavy atom. The molecular formula is C17H21NO3. The van der Waals surface area contributed by atoms with Crippen LogP contribution in [-0.4, -0.2) is 29.8 Å². The minimum absolute atomic E-state index is 0.0342. The van der Waals surface area contributed by atoms with E-state index in [1.165, 1.54) is 0 Å². The van der Waals surface area contributed by atoms with Crippen LogP contribution in [0.4, 0.5) is 5.69 Å². The quantitative estimate of drug-likeness (QED) is 0.838. The summed E-state index contributed by atoms with van der Waals surface area (Å²) in [7, 11) is 0. The fraction of sp³-hybridized carbons (Fsp3) is 0.471. The van der Waals surface area contributed by atoms with Crippen molar-refractivity contribution in [2.75, 3.05) is 18.5 Å². The van der Waals surface area contributed by atoms with Gasteiger partial charge in [-0.05, 0) is 44.4 Å². The van der Waals surface area contributed by atoms with Gasteiger partial charge >= 0.3 is 0 Å². The highest BCUT2D eigenvalue weighted by atomic mass is 16.5. The van der Waals surface area contributed by atoms with Gasteiger partial charge in [0.2, 0.25) is 0 Å². The minimum atomic E-state index is -0.750. The van der Waals surface area contributed by atoms with Gasteiger partial charge in [-0.1, -0.05) is 17.9 Å². The van der Waals surface area contributed by atoms with Crippen LogP contribution < -0.4 is 5.32 Å². The van der Waals surface area contributed by atoms with Crippen LogP contribution >= 0.6 is 0 Å². The van der Waals surface area contributed by atoms with Crippen molar-refractivity contribution < 1.29 is 14.6 Å². The van der Waals surface area contributed by atoms with E-state index in [1.807, 2.05) is 32.0 Å². The van der Waals surface area contributed by atoms with Crippen molar-refractivity contribution in [2.45, 2.75) is 38.7 Å². The Kier molecular flexibility index (Phi) is 5.00. The van der Waals surface area contributed by atoms with Crippen LogP contribution in [0, 0.1) is 18.8 Å². The number of ether oxygens (including phenoxy) is 1. The molecule has 1 fully saturated rings. The number of hydrogen-bond donors (Lipinski definition) is 2. The molecule has 4 heteroatoms. The summed E-state index contributed by atoms with van der Waals surface area (Å²) >= 11 is 0. The normalized spacial score (nSPS) is 20.7. The smallest absolute Gasteiger partial charge is 0.256 e. The summed E-state index contributed by atoms with van der Waals surface area (Å²) in [6.45, 7) is 4.45. The van der Waals surface area contributed by atoms with Crippen LogP contribution in [-0.2, 0) is 9.53 Å². The Balaban J connectivity index is 2.20. The first-order valence-electron chi connectivity index (χ1n) is 7.21. The van der Waals surface area contributed by atoms with E-state index < -0.39 is 5.60 Å². The maximum atomic E-state index is 12.4. The summed E-state index contributed by atoms with van der Waals surface area (Å²) in [4.78, 5) is 12.4. The number of hydrogen-bond acceptors (Lipinski definition) is 3. The van der Waals surface area contributed by atoms with Gasteiger partial charge in [0, 0.05) is 18.6 Å². The molecule has 2 N–H and O–H groups in total. The van der Waals surface area contributed by atoms with E-state index in [9.17, 15) is 4.79 Å². The summed E-state index contributed by atoms with van der Waals surface area (Å²) in [5, 5.41) is 11.7. The topological polar surface area (TPSA) is 58.6 Å². The average molecular weight is 287 g/mol. The summed E-state index contributed by atoms with van der Waals surface area (Å²) in [5.74, 6) is 5.74. The fourth-order valence-electron chi connectivity index (χ4n) is 2.30. The largest absolute Gasteiger partial charge is 0.395 e. The van der Waals surface area contributed by atoms with E-state index in [4.69, 9.17) is 9.84 Å². The summed E-state index contributed by atoms with van der Waals surface area (Å²) in [6.07, 6.45) is 2.05. The lowest BCUT2D eigenvalue weighted by Crippen LogP contribution is -2.39. The van der Waals surface area contributed by atoms with Crippen molar-refractivity contribution in [1.82, 2.24) is 0 Å². The van der Waals surface area contributed by atoms with E-state index in [0.717, 1.165) is 24.0 Å². The number of rotatable bonds is 3. The fourth-order valence-corrected chi connectivity index (χ4v) is 2.30. The number of anilines is 1. The van der Waals surface area contributed by atoms with Gasteiger partial charge in [-0.15, -0.1) is 0 Å². The van der Waals surface area contributed by atoms with Gasteiger partial charge in [-0.2, -0.15) is 0 Å². The Morgan fingerprint density at radius 2 is 2.33 bits per heavy atom. The van der Waals surface area contributed by atoms with Crippen LogP contribution in [0.15, 0.2) is 18.2 Å². The molecule has 0 aliphatic carbocycles. The number of aliphatic hydroxyl groups excluding tert-OH is 1. The number of carbonyl (C=O) groups excluding carboxylic acids is 1. The molecule has 2 rings (SSSR count). The first-order chi connectivity index (χ1) is 10.0. The molecule has 0 radical (unpaired) electrons. The van der Waals surface area contributed by atoms with Crippen molar-refractivity contribution >= 4 is 11.6 Å². The SMILES string of the molecule is Cc1ccc(C#CCCO)c(NC(=O)C2(C)CCCO2)c1. The summed E-state index contributed by atoms with van der Waals surface area (Å²) in [6, 6.07) is 5.73. The third kappa shape index (κ3) is 3.84. The summed E-state index contributed by atoms with van der Waals surface area (Å²) < 4.78 is 5.56. The number of aryl methyl sites for hydroxylation is 1. The molecular weight excluding hydrogens is 266 g/mol. The lowest BCUT2D eigenvalue weighted by molar-refractivity contribution is -0.133. The second-order valence-electron chi connectivity index (χ2n) is 5.46. The summed E-state index contributed by atoms with van der Waals surface area (Å²) in [5.41, 5.74) is 1.75. The molecule has 1 saturated heterocycles. The highest BCUT2D eigenvalue weighted by Crippen LogP contribution is 2.27. The number of aliphatic hydroxyl groups is 1. The molecule has 1 heterocycles. The molecule has 0 saturated carbocycles. The van der Waals surface area contributed by atoms with Gasteiger partial charge in [0.25, 0.3) is 5.91 Å². The van der Waals surface area contributed by atoms with Crippen molar-refractivity contribution in [3.8, 4) is 11.8 Å². The molecule has 4 nitrogen and oxygen atoms in total. The van der Waals surface area contributed by atoms with E-state index in [0.29, 0.717) is 18.7 Å². The van der Waals surface area contributed by atoms with Crippen LogP contribution in [0.25, 0.3) is 0 Å². The van der Waals surface area contributed by atoms with Crippen LogP contribution in [0.1, 0.15) is 37.3 Å². The molecule has 1 aliphatic heterocycles. The zero-order chi connectivity index (χ0) is 15.3. The van der Waals surface area contributed by atoms with E-state index in [-0.39, 0.29) is 12.5 Å². The molecule has 0 spiro atoms. The third-order valence-electron chi connectivity index (χ3n) is 3.58. The molecule has 1 aromatic rings. The average Bonchev–Trinajstić information content (AvgIpc) is 2.90. The molecule has 112 valence electrons. The van der Waals surface area contributed by atoms with Crippen molar-refractivity contribution in [1.29, 1.82) is 0 Å². The number of amides is 1. The van der Waals surface area contributed by atoms with Crippen LogP contribution in [0.5, 0.6) is 0 Å². The minimum Gasteiger partial charge on any atom is -0.395 e. The van der Waals surface area contributed by atoms with E-state index >= 15 is 0 Å². The van der Waals surface area contributed by atoms with E-state index in [2.05, 4.69) is 17.2 Å². The van der Waals surface area contributed by atoms with Crippen molar-refractivity contribution in [3.63, 3.8) is 0 Å². The van der Waals surface area contributed by atoms with Gasteiger partial charge < -0.3 is 15.2 Å². The van der Waals surface area contributed by atoms with Gasteiger partial charge in [-0.3, -0.25) is 4.79 Å². The van der Waals surface area contributed by atoms with Gasteiger partial charge in [0.05, 0.1) is 12.3 Å². The van der Waals surface area contributed by atoms with E-state index in [1.54, 1.807) is 0 Å². The maximum Gasteiger partial charge on any atom is 0.256 e. The Bertz CT molecular complexity index is 577. The number of carbonyl (C=O) groups is 1. The molecule has 1 aromatic carbocycles. The van der Waals surface area contributed by atoms with Crippen molar-refractivity contribution in [2.24, 2.45) is 0 Å². The zero-order valence-electron chi connectivity index (χ0n) is 12.5. The second-order valence-corrected chi connectivity index (χ2v) is 5.46. The predicted molar refractivity (Wildman–Crippen MR) is 82.0 cm³/mol. The molecule has 1 atom stereocenters. The number of nitrogens with one attached hydrogen (secondary N) is 1. The van der Waals surface area contributed by atoms with Crippen LogP contribution in [0.3, 0.4) is 0 Å². The van der Waals surface area contributed by atoms with Gasteiger partial charge in [-0.25, -0.2) is 0 Å². The molecule has 1 amide bonds. The Morgan fingerprint density at radius 3 is 3.00 bits per heavy atom. The Hall–Kier alpha value is -1.83. The Labute approximate surface area is 125 Å². The standard InChI is InChI=1S/C17H21NO3/c1-13-7-8-14(6-3-4-10-19)15(12-13)18-16(20)17(2)9-5-11-21-17/h7-8,12,19H,4-5,9-11H2,1-2H3,(H,18,20). The molecule has 1 aliphatic rings. The lowest BCUT2D eigenvalue weighted by Gasteiger charge is -2.22. The van der Waals surface area contributed by atoms with Crippen LogP contribution in [0.2, 0.25) is 0 Å².